The first kappa shape index (κ1) is 46.0. The zero-order valence-electron chi connectivity index (χ0n) is 41.2. The predicted molar refractivity (Wildman–Crippen MR) is 310 cm³/mol. The van der Waals surface area contributed by atoms with E-state index in [-0.39, 0.29) is 0 Å². The fourth-order valence-electron chi connectivity index (χ4n) is 9.63. The zero-order valence-corrected chi connectivity index (χ0v) is 41.2. The van der Waals surface area contributed by atoms with Gasteiger partial charge in [0.05, 0.1) is 0 Å². The lowest BCUT2D eigenvalue weighted by Crippen LogP contribution is -2.12. The zero-order chi connectivity index (χ0) is 49.3. The first-order valence-corrected chi connectivity index (χ1v) is 25.1. The lowest BCUT2D eigenvalue weighted by atomic mass is 10.0. The van der Waals surface area contributed by atoms with E-state index < -0.39 is 0 Å². The smallest absolute Gasteiger partial charge is 0.0463 e. The molecule has 0 saturated carbocycles. The van der Waals surface area contributed by atoms with E-state index in [1.807, 2.05) is 0 Å². The van der Waals surface area contributed by atoms with E-state index in [2.05, 4.69) is 325 Å². The minimum absolute atomic E-state index is 1.01. The van der Waals surface area contributed by atoms with E-state index in [1.54, 1.807) is 0 Å². The molecule has 0 unspecified atom stereocenters. The second-order valence-corrected chi connectivity index (χ2v) is 18.2. The number of hydrogen-bond acceptors (Lipinski definition) is 4. The summed E-state index contributed by atoms with van der Waals surface area (Å²) in [6.07, 6.45) is 1.01. The highest BCUT2D eigenvalue weighted by Gasteiger charge is 2.18. The van der Waals surface area contributed by atoms with Crippen molar-refractivity contribution in [3.8, 4) is 22.3 Å². The molecule has 0 saturated heterocycles. The van der Waals surface area contributed by atoms with Crippen molar-refractivity contribution in [3.63, 3.8) is 0 Å². The van der Waals surface area contributed by atoms with E-state index in [9.17, 15) is 0 Å². The maximum absolute atomic E-state index is 2.32. The SMILES string of the molecule is CCc1ccc(N(c2ccccc2)c2ccc(N(c3ccccc3)c3ccc(-c4ccc(N(c5ccccc5)c5ccc(-c6ccc(N(c7ccccc7)c7ccc(C)cc7)cc6)cc5)cc4)cc3)cc2)cc1. The van der Waals surface area contributed by atoms with Crippen LogP contribution in [0, 0.1) is 6.92 Å². The molecule has 0 N–H and O–H groups in total. The molecule has 11 aromatic rings. The molecule has 73 heavy (non-hydrogen) atoms. The molecule has 0 amide bonds. The number of hydrogen-bond donors (Lipinski definition) is 0. The highest BCUT2D eigenvalue weighted by Crippen LogP contribution is 2.42. The Morgan fingerprint density at radius 3 is 0.603 bits per heavy atom. The van der Waals surface area contributed by atoms with Crippen LogP contribution < -0.4 is 19.6 Å². The predicted octanol–water partition coefficient (Wildman–Crippen LogP) is 19.8. The first-order chi connectivity index (χ1) is 36.1. The van der Waals surface area contributed by atoms with Gasteiger partial charge < -0.3 is 19.6 Å². The highest BCUT2D eigenvalue weighted by molar-refractivity contribution is 5.84. The molecule has 0 aliphatic carbocycles. The molecule has 0 radical (unpaired) electrons. The van der Waals surface area contributed by atoms with Crippen LogP contribution in [-0.4, -0.2) is 0 Å². The summed E-state index contributed by atoms with van der Waals surface area (Å²) in [5, 5.41) is 0. The van der Waals surface area contributed by atoms with Gasteiger partial charge in [-0.15, -0.1) is 0 Å². The fraction of sp³-hybridized carbons (Fsp3) is 0.0435. The molecule has 0 bridgehead atoms. The van der Waals surface area contributed by atoms with Crippen LogP contribution in [0.3, 0.4) is 0 Å². The summed E-state index contributed by atoms with van der Waals surface area (Å²) in [4.78, 5) is 9.27. The van der Waals surface area contributed by atoms with Crippen LogP contribution in [0.5, 0.6) is 0 Å². The van der Waals surface area contributed by atoms with Crippen LogP contribution in [0.1, 0.15) is 18.1 Å². The Bertz CT molecular complexity index is 3470. The molecule has 11 rings (SSSR count). The van der Waals surface area contributed by atoms with Gasteiger partial charge in [-0.3, -0.25) is 0 Å². The van der Waals surface area contributed by atoms with Crippen molar-refractivity contribution in [3.05, 3.63) is 302 Å². The molecular formula is C69H56N4. The van der Waals surface area contributed by atoms with Crippen molar-refractivity contribution in [2.45, 2.75) is 20.3 Å². The van der Waals surface area contributed by atoms with Crippen LogP contribution in [0.15, 0.2) is 291 Å². The summed E-state index contributed by atoms with van der Waals surface area (Å²) in [6.45, 7) is 4.32. The van der Waals surface area contributed by atoms with Gasteiger partial charge in [0.1, 0.15) is 0 Å². The second-order valence-electron chi connectivity index (χ2n) is 18.2. The van der Waals surface area contributed by atoms with Crippen LogP contribution in [0.25, 0.3) is 22.3 Å². The Balaban J connectivity index is 0.841. The number of rotatable bonds is 15. The second kappa shape index (κ2) is 21.3. The normalized spacial score (nSPS) is 10.9. The third-order valence-electron chi connectivity index (χ3n) is 13.5. The molecule has 0 aliphatic heterocycles. The van der Waals surface area contributed by atoms with E-state index >= 15 is 0 Å². The molecule has 0 fully saturated rings. The van der Waals surface area contributed by atoms with Crippen LogP contribution in [-0.2, 0) is 6.42 Å². The van der Waals surface area contributed by atoms with Crippen molar-refractivity contribution in [2.75, 3.05) is 19.6 Å². The Morgan fingerprint density at radius 1 is 0.205 bits per heavy atom. The summed E-state index contributed by atoms with van der Waals surface area (Å²) < 4.78 is 0. The fourth-order valence-corrected chi connectivity index (χ4v) is 9.63. The van der Waals surface area contributed by atoms with Crippen molar-refractivity contribution >= 4 is 68.2 Å². The molecule has 0 spiro atoms. The van der Waals surface area contributed by atoms with Crippen molar-refractivity contribution < 1.29 is 0 Å². The summed E-state index contributed by atoms with van der Waals surface area (Å²) in [7, 11) is 0. The molecule has 4 nitrogen and oxygen atoms in total. The van der Waals surface area contributed by atoms with Crippen molar-refractivity contribution in [1.82, 2.24) is 0 Å². The quantitative estimate of drug-likeness (QED) is 0.102. The van der Waals surface area contributed by atoms with Gasteiger partial charge in [-0.05, 0) is 187 Å². The maximum atomic E-state index is 2.32. The Morgan fingerprint density at radius 2 is 0.384 bits per heavy atom. The average Bonchev–Trinajstić information content (AvgIpc) is 3.46. The number of aryl methyl sites for hydroxylation is 2. The third kappa shape index (κ3) is 10.1. The van der Waals surface area contributed by atoms with Crippen molar-refractivity contribution in [2.24, 2.45) is 0 Å². The number of para-hydroxylation sites is 4. The van der Waals surface area contributed by atoms with Gasteiger partial charge in [0.2, 0.25) is 0 Å². The number of benzene rings is 11. The average molecular weight is 941 g/mol. The summed E-state index contributed by atoms with van der Waals surface area (Å²) >= 11 is 0. The van der Waals surface area contributed by atoms with Gasteiger partial charge in [-0.1, -0.05) is 158 Å². The van der Waals surface area contributed by atoms with Crippen LogP contribution in [0.2, 0.25) is 0 Å². The van der Waals surface area contributed by atoms with Gasteiger partial charge in [-0.2, -0.15) is 0 Å². The Hall–Kier alpha value is -9.38. The molecule has 4 heteroatoms. The summed E-state index contributed by atoms with van der Waals surface area (Å²) in [6, 6.07) is 104. The number of anilines is 12. The van der Waals surface area contributed by atoms with E-state index in [1.165, 1.54) is 11.1 Å². The topological polar surface area (TPSA) is 13.0 Å². The highest BCUT2D eigenvalue weighted by atomic mass is 15.2. The van der Waals surface area contributed by atoms with Gasteiger partial charge in [-0.25, -0.2) is 0 Å². The summed E-state index contributed by atoms with van der Waals surface area (Å²) in [5.41, 5.74) is 20.4. The van der Waals surface area contributed by atoms with Gasteiger partial charge in [0.25, 0.3) is 0 Å². The lowest BCUT2D eigenvalue weighted by Gasteiger charge is -2.28. The molecule has 11 aromatic carbocycles. The molecular weight excluding hydrogens is 885 g/mol. The lowest BCUT2D eigenvalue weighted by molar-refractivity contribution is 1.14. The minimum atomic E-state index is 1.01. The molecule has 0 aliphatic rings. The molecule has 0 atom stereocenters. The number of nitrogens with zero attached hydrogens (tertiary/aromatic N) is 4. The monoisotopic (exact) mass is 940 g/mol. The summed E-state index contributed by atoms with van der Waals surface area (Å²) in [5.74, 6) is 0. The van der Waals surface area contributed by atoms with Crippen LogP contribution in [0.4, 0.5) is 68.2 Å². The maximum Gasteiger partial charge on any atom is 0.0463 e. The van der Waals surface area contributed by atoms with E-state index in [0.717, 1.165) is 96.9 Å². The van der Waals surface area contributed by atoms with Gasteiger partial charge in [0, 0.05) is 68.2 Å². The Labute approximate surface area is 430 Å². The van der Waals surface area contributed by atoms with Gasteiger partial charge >= 0.3 is 0 Å². The van der Waals surface area contributed by atoms with E-state index in [4.69, 9.17) is 0 Å². The van der Waals surface area contributed by atoms with Crippen molar-refractivity contribution in [1.29, 1.82) is 0 Å². The minimum Gasteiger partial charge on any atom is -0.311 e. The first-order valence-electron chi connectivity index (χ1n) is 25.1. The Kier molecular flexibility index (Phi) is 13.4. The molecule has 352 valence electrons. The largest absolute Gasteiger partial charge is 0.311 e. The van der Waals surface area contributed by atoms with E-state index in [0.29, 0.717) is 0 Å². The third-order valence-corrected chi connectivity index (χ3v) is 13.5. The molecule has 0 heterocycles. The standard InChI is InChI=1S/C69H56N4/c1-3-53-26-38-63(39-27-53)71(59-18-10-5-11-19-59)68-48-50-69(51-49-68)73(61-22-14-7-15-23-61)67-46-34-57(35-47-67)56-32-44-66(45-33-56)72(60-20-12-6-13-21-60)65-42-30-55(31-43-65)54-28-40-64(41-29-54)70(58-16-8-4-9-17-58)62-36-24-52(2)25-37-62/h4-51H,3H2,1-2H3. The molecule has 0 aromatic heterocycles. The van der Waals surface area contributed by atoms with Gasteiger partial charge in [0.15, 0.2) is 0 Å². The van der Waals surface area contributed by atoms with Crippen LogP contribution >= 0.6 is 0 Å².